The zero-order valence-corrected chi connectivity index (χ0v) is 23.8. The zero-order chi connectivity index (χ0) is 28.5. The monoisotopic (exact) mass is 562 g/mol. The number of piperidine rings is 1. The quantitative estimate of drug-likeness (QED) is 0.135. The zero-order valence-electron chi connectivity index (χ0n) is 23.0. The van der Waals surface area contributed by atoms with E-state index in [1.807, 2.05) is 32.1 Å². The molecule has 2 aromatic carbocycles. The summed E-state index contributed by atoms with van der Waals surface area (Å²) in [6, 6.07) is 18.1. The van der Waals surface area contributed by atoms with E-state index in [4.69, 9.17) is 0 Å². The first kappa shape index (κ1) is 29.3. The van der Waals surface area contributed by atoms with Crippen LogP contribution in [0.25, 0.3) is 0 Å². The van der Waals surface area contributed by atoms with Crippen molar-refractivity contribution in [2.24, 2.45) is 4.99 Å². The van der Waals surface area contributed by atoms with Crippen molar-refractivity contribution in [3.63, 3.8) is 0 Å². The van der Waals surface area contributed by atoms with Crippen LogP contribution >= 0.6 is 10.7 Å². The number of hydrogen-bond donors (Lipinski definition) is 3. The van der Waals surface area contributed by atoms with E-state index >= 15 is 0 Å². The van der Waals surface area contributed by atoms with Crippen LogP contribution in [-0.4, -0.2) is 40.5 Å². The standard InChI is InChI=1S/C31H36F2N6S/c1-22(36-28-8-6-26(32)7-9-28)15-18-34-24(3)38-29-10-12-30(13-11-29)40(4)39-19-16-27(17-20-39)35-21-25-5-14-31(33)37-23(25)2/h5-15,18,27,35-36,38H,3-4,16-17,19-21H2,1-2H3/b22-15+,34-18-. The molecule has 1 atom stereocenters. The largest absolute Gasteiger partial charge is 0.359 e. The van der Waals surface area contributed by atoms with Crippen LogP contribution in [0.3, 0.4) is 0 Å². The predicted octanol–water partition coefficient (Wildman–Crippen LogP) is 6.87. The van der Waals surface area contributed by atoms with Crippen molar-refractivity contribution >= 4 is 34.1 Å². The highest BCUT2D eigenvalue weighted by atomic mass is 32.2. The summed E-state index contributed by atoms with van der Waals surface area (Å²) in [5, 5.41) is 9.99. The Hall–Kier alpha value is -3.66. The van der Waals surface area contributed by atoms with Crippen molar-refractivity contribution in [2.45, 2.75) is 44.2 Å². The van der Waals surface area contributed by atoms with Gasteiger partial charge in [0.15, 0.2) is 0 Å². The second-order valence-corrected chi connectivity index (χ2v) is 11.4. The molecule has 210 valence electrons. The maximum Gasteiger partial charge on any atom is 0.213 e. The first-order chi connectivity index (χ1) is 19.3. The average Bonchev–Trinajstić information content (AvgIpc) is 2.94. The van der Waals surface area contributed by atoms with Gasteiger partial charge in [0.05, 0.1) is 0 Å². The van der Waals surface area contributed by atoms with Gasteiger partial charge in [0.2, 0.25) is 5.95 Å². The van der Waals surface area contributed by atoms with E-state index in [1.165, 1.54) is 23.1 Å². The molecular formula is C31H36F2N6S. The van der Waals surface area contributed by atoms with Crippen LogP contribution in [0.4, 0.5) is 20.2 Å². The van der Waals surface area contributed by atoms with Crippen LogP contribution in [0.15, 0.2) is 94.7 Å². The number of nitrogens with zero attached hydrogens (tertiary/aromatic N) is 3. The molecular weight excluding hydrogens is 526 g/mol. The van der Waals surface area contributed by atoms with Crippen LogP contribution in [0.1, 0.15) is 31.0 Å². The molecule has 0 radical (unpaired) electrons. The van der Waals surface area contributed by atoms with E-state index in [2.05, 4.69) is 54.8 Å². The Balaban J connectivity index is 1.20. The van der Waals surface area contributed by atoms with E-state index in [-0.39, 0.29) is 16.5 Å². The molecule has 4 rings (SSSR count). The van der Waals surface area contributed by atoms with Gasteiger partial charge in [-0.1, -0.05) is 29.2 Å². The lowest BCUT2D eigenvalue weighted by molar-refractivity contribution is 0.306. The number of aromatic nitrogens is 1. The maximum absolute atomic E-state index is 13.2. The van der Waals surface area contributed by atoms with Crippen molar-refractivity contribution in [3.8, 4) is 0 Å². The Kier molecular flexibility index (Phi) is 10.3. The average molecular weight is 563 g/mol. The SMILES string of the molecule is C=C(/N=C\C=C(/C)Nc1ccc(F)cc1)Nc1ccc(S(=C)N2CCC(NCc3ccc(F)nc3C)CC2)cc1. The molecule has 40 heavy (non-hydrogen) atoms. The summed E-state index contributed by atoms with van der Waals surface area (Å²) < 4.78 is 28.7. The van der Waals surface area contributed by atoms with Gasteiger partial charge < -0.3 is 16.0 Å². The second-order valence-electron chi connectivity index (χ2n) is 9.68. The highest BCUT2D eigenvalue weighted by Crippen LogP contribution is 2.32. The summed E-state index contributed by atoms with van der Waals surface area (Å²) in [7, 11) is -0.242. The number of rotatable bonds is 11. The Morgan fingerprint density at radius 3 is 2.35 bits per heavy atom. The summed E-state index contributed by atoms with van der Waals surface area (Å²) in [5.74, 6) is 4.27. The first-order valence-electron chi connectivity index (χ1n) is 13.2. The van der Waals surface area contributed by atoms with Gasteiger partial charge in [0.25, 0.3) is 0 Å². The van der Waals surface area contributed by atoms with E-state index in [9.17, 15) is 8.78 Å². The van der Waals surface area contributed by atoms with Gasteiger partial charge in [0.1, 0.15) is 11.6 Å². The topological polar surface area (TPSA) is 64.6 Å². The van der Waals surface area contributed by atoms with Crippen LogP contribution in [-0.2, 0) is 6.54 Å². The number of nitrogens with one attached hydrogen (secondary N) is 3. The molecule has 0 bridgehead atoms. The third-order valence-corrected chi connectivity index (χ3v) is 8.47. The number of pyridine rings is 1. The predicted molar refractivity (Wildman–Crippen MR) is 165 cm³/mol. The molecule has 1 aliphatic heterocycles. The molecule has 0 spiro atoms. The van der Waals surface area contributed by atoms with Crippen LogP contribution < -0.4 is 16.0 Å². The second kappa shape index (κ2) is 14.1. The molecule has 3 N–H and O–H groups in total. The number of aryl methyl sites for hydroxylation is 1. The molecule has 1 saturated heterocycles. The smallest absolute Gasteiger partial charge is 0.213 e. The minimum Gasteiger partial charge on any atom is -0.359 e. The lowest BCUT2D eigenvalue weighted by Crippen LogP contribution is -2.40. The number of hydrogen-bond acceptors (Lipinski definition) is 6. The van der Waals surface area contributed by atoms with Crippen molar-refractivity contribution in [1.82, 2.24) is 14.6 Å². The van der Waals surface area contributed by atoms with E-state index in [0.717, 1.165) is 54.3 Å². The Morgan fingerprint density at radius 2 is 1.68 bits per heavy atom. The minimum absolute atomic E-state index is 0.242. The Bertz CT molecular complexity index is 1380. The Morgan fingerprint density at radius 1 is 1.02 bits per heavy atom. The highest BCUT2D eigenvalue weighted by Gasteiger charge is 2.21. The Labute approximate surface area is 238 Å². The van der Waals surface area contributed by atoms with Crippen molar-refractivity contribution in [1.29, 1.82) is 0 Å². The normalized spacial score (nSPS) is 15.8. The van der Waals surface area contributed by atoms with Crippen LogP contribution in [0.5, 0.6) is 0 Å². The highest BCUT2D eigenvalue weighted by molar-refractivity contribution is 8.12. The molecule has 1 unspecified atom stereocenters. The fraction of sp³-hybridized carbons (Fsp3) is 0.258. The lowest BCUT2D eigenvalue weighted by atomic mass is 10.1. The molecule has 1 fully saturated rings. The summed E-state index contributed by atoms with van der Waals surface area (Å²) in [5.41, 5.74) is 4.35. The molecule has 1 aliphatic rings. The van der Waals surface area contributed by atoms with Gasteiger partial charge in [-0.3, -0.25) is 4.31 Å². The minimum atomic E-state index is -0.434. The van der Waals surface area contributed by atoms with Gasteiger partial charge in [0, 0.05) is 59.6 Å². The number of allylic oxidation sites excluding steroid dienone is 2. The van der Waals surface area contributed by atoms with Crippen LogP contribution in [0, 0.1) is 18.7 Å². The first-order valence-corrected chi connectivity index (χ1v) is 14.6. The number of aliphatic imine (C=N–C) groups is 1. The summed E-state index contributed by atoms with van der Waals surface area (Å²) in [6.45, 7) is 10.4. The third-order valence-electron chi connectivity index (χ3n) is 6.66. The number of anilines is 2. The molecule has 0 aliphatic carbocycles. The number of halogens is 2. The molecule has 1 aromatic heterocycles. The molecule has 0 saturated carbocycles. The van der Waals surface area contributed by atoms with Crippen molar-refractivity contribution in [2.75, 3.05) is 23.7 Å². The summed E-state index contributed by atoms with van der Waals surface area (Å²) >= 11 is 0. The maximum atomic E-state index is 13.2. The number of benzene rings is 2. The molecule has 6 nitrogen and oxygen atoms in total. The van der Waals surface area contributed by atoms with Gasteiger partial charge in [-0.15, -0.1) is 0 Å². The van der Waals surface area contributed by atoms with Crippen molar-refractivity contribution < 1.29 is 8.78 Å². The molecule has 3 aromatic rings. The van der Waals surface area contributed by atoms with Gasteiger partial charge in [-0.2, -0.15) is 4.39 Å². The van der Waals surface area contributed by atoms with E-state index < -0.39 is 5.95 Å². The molecule has 2 heterocycles. The van der Waals surface area contributed by atoms with Gasteiger partial charge in [-0.05, 0) is 92.9 Å². The fourth-order valence-corrected chi connectivity index (χ4v) is 5.77. The van der Waals surface area contributed by atoms with E-state index in [0.29, 0.717) is 18.4 Å². The lowest BCUT2D eigenvalue weighted by Gasteiger charge is -2.34. The fourth-order valence-electron chi connectivity index (χ4n) is 4.37. The molecule has 9 heteroatoms. The van der Waals surface area contributed by atoms with Crippen LogP contribution in [0.2, 0.25) is 0 Å². The third kappa shape index (κ3) is 8.67. The summed E-state index contributed by atoms with van der Waals surface area (Å²) in [6.07, 6.45) is 5.57. The summed E-state index contributed by atoms with van der Waals surface area (Å²) in [4.78, 5) is 9.44. The van der Waals surface area contributed by atoms with Crippen molar-refractivity contribution in [3.05, 3.63) is 108 Å². The van der Waals surface area contributed by atoms with E-state index in [1.54, 1.807) is 24.4 Å². The van der Waals surface area contributed by atoms with Gasteiger partial charge in [-0.25, -0.2) is 14.4 Å². The van der Waals surface area contributed by atoms with Gasteiger partial charge >= 0.3 is 0 Å². The molecule has 0 amide bonds.